The van der Waals surface area contributed by atoms with E-state index in [9.17, 15) is 4.79 Å². The van der Waals surface area contributed by atoms with Crippen molar-refractivity contribution in [3.05, 3.63) is 16.5 Å². The molecule has 1 heterocycles. The van der Waals surface area contributed by atoms with Crippen LogP contribution in [0.25, 0.3) is 0 Å². The molecule has 1 aromatic heterocycles. The molecule has 5 nitrogen and oxygen atoms in total. The molecule has 0 saturated heterocycles. The van der Waals surface area contributed by atoms with E-state index in [1.807, 2.05) is 48.6 Å². The summed E-state index contributed by atoms with van der Waals surface area (Å²) in [5.74, 6) is 1.32. The van der Waals surface area contributed by atoms with Gasteiger partial charge in [-0.1, -0.05) is 32.4 Å². The van der Waals surface area contributed by atoms with Crippen molar-refractivity contribution in [1.29, 1.82) is 0 Å². The quantitative estimate of drug-likeness (QED) is 0.868. The lowest BCUT2D eigenvalue weighted by Crippen LogP contribution is -2.39. The van der Waals surface area contributed by atoms with Crippen LogP contribution in [0.1, 0.15) is 46.0 Å². The van der Waals surface area contributed by atoms with Crippen molar-refractivity contribution in [2.24, 2.45) is 0 Å². The van der Waals surface area contributed by atoms with Crippen LogP contribution in [0.5, 0.6) is 0 Å². The van der Waals surface area contributed by atoms with Gasteiger partial charge < -0.3 is 10.2 Å². The SMILES string of the molecule is Cc1c(Cl)nc(C(C)(C)C)nc1N(C)CC(=O)NC(C)C. The van der Waals surface area contributed by atoms with E-state index in [1.54, 1.807) is 4.90 Å². The van der Waals surface area contributed by atoms with Gasteiger partial charge in [0.1, 0.15) is 16.8 Å². The molecule has 0 aliphatic carbocycles. The number of aromatic nitrogens is 2. The Bertz CT molecular complexity index is 523. The number of carbonyl (C=O) groups is 1. The maximum absolute atomic E-state index is 11.9. The predicted octanol–water partition coefficient (Wildman–Crippen LogP) is 2.70. The third-order valence-electron chi connectivity index (χ3n) is 2.92. The van der Waals surface area contributed by atoms with Crippen molar-refractivity contribution in [1.82, 2.24) is 15.3 Å². The van der Waals surface area contributed by atoms with Crippen LogP contribution in [0.2, 0.25) is 5.15 Å². The van der Waals surface area contributed by atoms with Crippen molar-refractivity contribution in [3.63, 3.8) is 0 Å². The highest BCUT2D eigenvalue weighted by molar-refractivity contribution is 6.30. The molecule has 1 N–H and O–H groups in total. The molecule has 0 saturated carbocycles. The van der Waals surface area contributed by atoms with Gasteiger partial charge in [0.2, 0.25) is 5.91 Å². The van der Waals surface area contributed by atoms with Gasteiger partial charge in [0.15, 0.2) is 0 Å². The van der Waals surface area contributed by atoms with Crippen molar-refractivity contribution in [2.75, 3.05) is 18.5 Å². The summed E-state index contributed by atoms with van der Waals surface area (Å²) >= 11 is 6.21. The molecule has 0 aliphatic rings. The van der Waals surface area contributed by atoms with E-state index in [2.05, 4.69) is 15.3 Å². The first-order valence-corrected chi connectivity index (χ1v) is 7.45. The molecule has 1 rings (SSSR count). The summed E-state index contributed by atoms with van der Waals surface area (Å²) in [7, 11) is 1.83. The smallest absolute Gasteiger partial charge is 0.239 e. The van der Waals surface area contributed by atoms with Crippen molar-refractivity contribution in [2.45, 2.75) is 53.0 Å². The Hall–Kier alpha value is -1.36. The highest BCUT2D eigenvalue weighted by Crippen LogP contribution is 2.27. The molecule has 118 valence electrons. The Labute approximate surface area is 132 Å². The van der Waals surface area contributed by atoms with E-state index in [4.69, 9.17) is 11.6 Å². The molecule has 0 spiro atoms. The van der Waals surface area contributed by atoms with Gasteiger partial charge >= 0.3 is 0 Å². The van der Waals surface area contributed by atoms with Crippen LogP contribution in [0.4, 0.5) is 5.82 Å². The van der Waals surface area contributed by atoms with Gasteiger partial charge in [0.25, 0.3) is 0 Å². The first-order chi connectivity index (χ1) is 9.52. The number of anilines is 1. The standard InChI is InChI=1S/C15H25ClN4O/c1-9(2)17-11(21)8-20(7)13-10(3)12(16)18-14(19-13)15(4,5)6/h9H,8H2,1-7H3,(H,17,21). The van der Waals surface area contributed by atoms with Gasteiger partial charge in [-0.3, -0.25) is 4.79 Å². The van der Waals surface area contributed by atoms with Gasteiger partial charge in [0.05, 0.1) is 6.54 Å². The second-order valence-electron chi connectivity index (χ2n) is 6.61. The predicted molar refractivity (Wildman–Crippen MR) is 87.0 cm³/mol. The van der Waals surface area contributed by atoms with Gasteiger partial charge in [-0.25, -0.2) is 9.97 Å². The summed E-state index contributed by atoms with van der Waals surface area (Å²) in [4.78, 5) is 22.6. The minimum atomic E-state index is -0.201. The Kier molecular flexibility index (Phi) is 5.56. The Balaban J connectivity index is 3.06. The minimum absolute atomic E-state index is 0.0426. The maximum Gasteiger partial charge on any atom is 0.239 e. The van der Waals surface area contributed by atoms with E-state index in [0.29, 0.717) is 16.8 Å². The first kappa shape index (κ1) is 17.7. The van der Waals surface area contributed by atoms with E-state index in [1.165, 1.54) is 0 Å². The third-order valence-corrected chi connectivity index (χ3v) is 3.29. The summed E-state index contributed by atoms with van der Waals surface area (Å²) in [5.41, 5.74) is 0.581. The Morgan fingerprint density at radius 2 is 1.90 bits per heavy atom. The zero-order valence-electron chi connectivity index (χ0n) is 13.9. The molecular formula is C15H25ClN4O. The fraction of sp³-hybridized carbons (Fsp3) is 0.667. The lowest BCUT2D eigenvalue weighted by atomic mass is 9.95. The molecule has 0 bridgehead atoms. The molecule has 1 amide bonds. The van der Waals surface area contributed by atoms with Crippen LogP contribution < -0.4 is 10.2 Å². The Morgan fingerprint density at radius 3 is 2.38 bits per heavy atom. The topological polar surface area (TPSA) is 58.1 Å². The van der Waals surface area contributed by atoms with Crippen LogP contribution in [-0.2, 0) is 10.2 Å². The van der Waals surface area contributed by atoms with Crippen LogP contribution >= 0.6 is 11.6 Å². The van der Waals surface area contributed by atoms with Gasteiger partial charge in [-0.05, 0) is 20.8 Å². The normalized spacial score (nSPS) is 11.7. The van der Waals surface area contributed by atoms with Crippen molar-refractivity contribution < 1.29 is 4.79 Å². The number of nitrogens with one attached hydrogen (secondary N) is 1. The first-order valence-electron chi connectivity index (χ1n) is 7.07. The molecule has 0 unspecified atom stereocenters. The van der Waals surface area contributed by atoms with Crippen LogP contribution in [-0.4, -0.2) is 35.5 Å². The summed E-state index contributed by atoms with van der Waals surface area (Å²) < 4.78 is 0. The highest BCUT2D eigenvalue weighted by atomic mass is 35.5. The Morgan fingerprint density at radius 1 is 1.33 bits per heavy atom. The van der Waals surface area contributed by atoms with Gasteiger partial charge in [-0.15, -0.1) is 0 Å². The second-order valence-corrected chi connectivity index (χ2v) is 6.97. The number of nitrogens with zero attached hydrogens (tertiary/aromatic N) is 3. The molecule has 21 heavy (non-hydrogen) atoms. The molecule has 0 radical (unpaired) electrons. The van der Waals surface area contributed by atoms with E-state index in [0.717, 1.165) is 5.56 Å². The minimum Gasteiger partial charge on any atom is -0.352 e. The number of likely N-dealkylation sites (N-methyl/N-ethyl adjacent to an activating group) is 1. The maximum atomic E-state index is 11.9. The number of halogens is 1. The van der Waals surface area contributed by atoms with Gasteiger partial charge in [-0.2, -0.15) is 0 Å². The van der Waals surface area contributed by atoms with Gasteiger partial charge in [0, 0.05) is 24.1 Å². The highest BCUT2D eigenvalue weighted by Gasteiger charge is 2.22. The second kappa shape index (κ2) is 6.60. The largest absolute Gasteiger partial charge is 0.352 e. The number of amides is 1. The molecule has 0 aliphatic heterocycles. The summed E-state index contributed by atoms with van der Waals surface area (Å²) in [6.45, 7) is 12.1. The van der Waals surface area contributed by atoms with E-state index in [-0.39, 0.29) is 23.9 Å². The average Bonchev–Trinajstić information content (AvgIpc) is 2.29. The molecular weight excluding hydrogens is 288 g/mol. The molecule has 0 aromatic carbocycles. The molecule has 6 heteroatoms. The lowest BCUT2D eigenvalue weighted by Gasteiger charge is -2.24. The third kappa shape index (κ3) is 4.84. The zero-order valence-corrected chi connectivity index (χ0v) is 14.7. The fourth-order valence-corrected chi connectivity index (χ4v) is 2.01. The van der Waals surface area contributed by atoms with Crippen molar-refractivity contribution in [3.8, 4) is 0 Å². The van der Waals surface area contributed by atoms with Crippen molar-refractivity contribution >= 4 is 23.3 Å². The fourth-order valence-electron chi connectivity index (χ4n) is 1.84. The lowest BCUT2D eigenvalue weighted by molar-refractivity contribution is -0.120. The van der Waals surface area contributed by atoms with Crippen LogP contribution in [0.3, 0.4) is 0 Å². The number of carbonyl (C=O) groups excluding carboxylic acids is 1. The number of rotatable bonds is 4. The molecule has 1 aromatic rings. The van der Waals surface area contributed by atoms with E-state index < -0.39 is 0 Å². The summed E-state index contributed by atoms with van der Waals surface area (Å²) in [6, 6.07) is 0.117. The average molecular weight is 313 g/mol. The molecule has 0 atom stereocenters. The monoisotopic (exact) mass is 312 g/mol. The zero-order chi connectivity index (χ0) is 16.4. The number of hydrogen-bond donors (Lipinski definition) is 1. The molecule has 0 fully saturated rings. The van der Waals surface area contributed by atoms with Crippen LogP contribution in [0, 0.1) is 6.92 Å². The number of hydrogen-bond acceptors (Lipinski definition) is 4. The summed E-state index contributed by atoms with van der Waals surface area (Å²) in [6.07, 6.45) is 0. The summed E-state index contributed by atoms with van der Waals surface area (Å²) in [5, 5.41) is 3.30. The van der Waals surface area contributed by atoms with Crippen LogP contribution in [0.15, 0.2) is 0 Å². The van der Waals surface area contributed by atoms with E-state index >= 15 is 0 Å².